The number of nitrogens with one attached hydrogen (secondary N) is 2. The second-order valence-electron chi connectivity index (χ2n) is 10.5. The zero-order valence-electron chi connectivity index (χ0n) is 23.1. The van der Waals surface area contributed by atoms with Crippen LogP contribution in [0.3, 0.4) is 0 Å². The highest BCUT2D eigenvalue weighted by Crippen LogP contribution is 2.44. The fourth-order valence-corrected chi connectivity index (χ4v) is 6.84. The van der Waals surface area contributed by atoms with Crippen molar-refractivity contribution in [1.29, 1.82) is 0 Å². The minimum Gasteiger partial charge on any atom is -0.365 e. The molecule has 6 rings (SSSR count). The Bertz CT molecular complexity index is 1830. The lowest BCUT2D eigenvalue weighted by Crippen LogP contribution is -2.45. The summed E-state index contributed by atoms with van der Waals surface area (Å²) >= 11 is 6.48. The maximum atomic E-state index is 14.0. The van der Waals surface area contributed by atoms with E-state index < -0.39 is 21.5 Å². The van der Waals surface area contributed by atoms with Crippen molar-refractivity contribution in [3.63, 3.8) is 0 Å². The quantitative estimate of drug-likeness (QED) is 0.331. The van der Waals surface area contributed by atoms with E-state index >= 15 is 0 Å². The number of carbonyl (C=O) groups is 2. The molecule has 1 spiro atoms. The predicted molar refractivity (Wildman–Crippen MR) is 156 cm³/mol. The molecule has 11 nitrogen and oxygen atoms in total. The van der Waals surface area contributed by atoms with Gasteiger partial charge in [-0.2, -0.15) is 9.61 Å². The summed E-state index contributed by atoms with van der Waals surface area (Å²) in [6.07, 6.45) is 3.69. The number of hydrogen-bond acceptors (Lipinski definition) is 8. The molecule has 2 N–H and O–H groups in total. The number of piperidine rings is 1. The molecular formula is C29H29ClN6O5S. The van der Waals surface area contributed by atoms with Crippen LogP contribution in [0.25, 0.3) is 5.65 Å². The van der Waals surface area contributed by atoms with Crippen LogP contribution in [0.15, 0.2) is 59.8 Å². The minimum atomic E-state index is -4.26. The second-order valence-corrected chi connectivity index (χ2v) is 12.5. The molecule has 2 aromatic carbocycles. The largest absolute Gasteiger partial charge is 0.365 e. The van der Waals surface area contributed by atoms with Crippen molar-refractivity contribution in [3.8, 4) is 0 Å². The number of nitrogens with zero attached hydrogens (tertiary/aromatic N) is 4. The summed E-state index contributed by atoms with van der Waals surface area (Å²) in [5.74, 6) is -0.762. The third-order valence-electron chi connectivity index (χ3n) is 7.83. The summed E-state index contributed by atoms with van der Waals surface area (Å²) in [7, 11) is -4.26. The molecule has 2 aliphatic heterocycles. The number of amides is 2. The van der Waals surface area contributed by atoms with Gasteiger partial charge in [0, 0.05) is 25.7 Å². The van der Waals surface area contributed by atoms with Gasteiger partial charge in [-0.15, -0.1) is 0 Å². The van der Waals surface area contributed by atoms with Crippen LogP contribution in [-0.2, 0) is 31.8 Å². The fourth-order valence-electron chi connectivity index (χ4n) is 5.56. The van der Waals surface area contributed by atoms with Crippen molar-refractivity contribution >= 4 is 50.6 Å². The number of halogens is 1. The van der Waals surface area contributed by atoms with Crippen molar-refractivity contribution in [2.75, 3.05) is 18.4 Å². The van der Waals surface area contributed by atoms with Crippen LogP contribution in [0.4, 0.5) is 11.5 Å². The SMILES string of the molecule is CCC(=O)NS(=O)(=O)c1cnn2c(Nc3cc(C)ccc3Cl)c(C(=O)N3CCC4(CC3)OCc3ccccc34)cnc12. The van der Waals surface area contributed by atoms with Gasteiger partial charge in [-0.1, -0.05) is 48.9 Å². The zero-order chi connectivity index (χ0) is 29.6. The molecule has 218 valence electrons. The highest BCUT2D eigenvalue weighted by molar-refractivity contribution is 7.90. The van der Waals surface area contributed by atoms with E-state index in [2.05, 4.69) is 27.5 Å². The molecule has 42 heavy (non-hydrogen) atoms. The van der Waals surface area contributed by atoms with Gasteiger partial charge in [-0.05, 0) is 48.6 Å². The summed E-state index contributed by atoms with van der Waals surface area (Å²) in [5.41, 5.74) is 3.50. The molecule has 13 heteroatoms. The Morgan fingerprint density at radius 1 is 1.12 bits per heavy atom. The van der Waals surface area contributed by atoms with Gasteiger partial charge in [-0.3, -0.25) is 9.59 Å². The number of ether oxygens (including phenoxy) is 1. The van der Waals surface area contributed by atoms with E-state index in [1.165, 1.54) is 21.8 Å². The highest BCUT2D eigenvalue weighted by atomic mass is 35.5. The third-order valence-corrected chi connectivity index (χ3v) is 9.52. The number of fused-ring (bicyclic) bond motifs is 3. The molecule has 2 aliphatic rings. The van der Waals surface area contributed by atoms with Gasteiger partial charge in [0.2, 0.25) is 5.91 Å². The topological polar surface area (TPSA) is 135 Å². The second kappa shape index (κ2) is 10.7. The first-order chi connectivity index (χ1) is 20.1. The van der Waals surface area contributed by atoms with Crippen LogP contribution in [-0.4, -0.2) is 52.8 Å². The van der Waals surface area contributed by atoms with E-state index in [1.54, 1.807) is 17.9 Å². The summed E-state index contributed by atoms with van der Waals surface area (Å²) in [5, 5.41) is 7.86. The van der Waals surface area contributed by atoms with Crippen LogP contribution in [0.1, 0.15) is 53.2 Å². The van der Waals surface area contributed by atoms with Gasteiger partial charge in [0.1, 0.15) is 11.4 Å². The third kappa shape index (κ3) is 4.89. The molecule has 0 aliphatic carbocycles. The number of anilines is 2. The van der Waals surface area contributed by atoms with Gasteiger partial charge >= 0.3 is 0 Å². The monoisotopic (exact) mass is 608 g/mol. The first-order valence-electron chi connectivity index (χ1n) is 13.6. The van der Waals surface area contributed by atoms with Crippen LogP contribution in [0.2, 0.25) is 5.02 Å². The first-order valence-corrected chi connectivity index (χ1v) is 15.5. The van der Waals surface area contributed by atoms with Crippen LogP contribution < -0.4 is 10.0 Å². The van der Waals surface area contributed by atoms with Gasteiger partial charge in [0.25, 0.3) is 15.9 Å². The Morgan fingerprint density at radius 3 is 2.64 bits per heavy atom. The Morgan fingerprint density at radius 2 is 1.88 bits per heavy atom. The Kier molecular flexibility index (Phi) is 7.16. The maximum absolute atomic E-state index is 14.0. The molecule has 0 radical (unpaired) electrons. The lowest BCUT2D eigenvalue weighted by molar-refractivity contribution is -0.119. The number of likely N-dealkylation sites (tertiary alicyclic amines) is 1. The summed E-state index contributed by atoms with van der Waals surface area (Å²) in [6.45, 7) is 4.91. The number of aryl methyl sites for hydroxylation is 1. The van der Waals surface area contributed by atoms with E-state index in [0.29, 0.717) is 43.2 Å². The van der Waals surface area contributed by atoms with Crippen LogP contribution in [0.5, 0.6) is 0 Å². The average Bonchev–Trinajstić information content (AvgIpc) is 3.58. The molecule has 4 aromatic rings. The molecule has 4 heterocycles. The smallest absolute Gasteiger partial charge is 0.269 e. The number of sulfonamides is 1. The van der Waals surface area contributed by atoms with Gasteiger partial charge in [0.05, 0.1) is 29.1 Å². The number of carbonyl (C=O) groups excluding carboxylic acids is 2. The molecule has 1 saturated heterocycles. The molecule has 0 saturated carbocycles. The summed E-state index contributed by atoms with van der Waals surface area (Å²) in [6, 6.07) is 13.6. The molecule has 2 amide bonds. The van der Waals surface area contributed by atoms with E-state index in [-0.39, 0.29) is 34.3 Å². The van der Waals surface area contributed by atoms with E-state index in [0.717, 1.165) is 11.8 Å². The predicted octanol–water partition coefficient (Wildman–Crippen LogP) is 4.31. The van der Waals surface area contributed by atoms with Crippen molar-refractivity contribution in [2.24, 2.45) is 0 Å². The molecule has 0 unspecified atom stereocenters. The summed E-state index contributed by atoms with van der Waals surface area (Å²) in [4.78, 5) is 31.7. The normalized spacial score (nSPS) is 16.0. The van der Waals surface area contributed by atoms with Gasteiger partial charge < -0.3 is 15.0 Å². The molecule has 1 fully saturated rings. The number of aromatic nitrogens is 3. The first kappa shape index (κ1) is 28.1. The highest BCUT2D eigenvalue weighted by Gasteiger charge is 2.43. The number of hydrogen-bond donors (Lipinski definition) is 2. The Hall–Kier alpha value is -4.00. The van der Waals surface area contributed by atoms with E-state index in [1.807, 2.05) is 35.9 Å². The van der Waals surface area contributed by atoms with E-state index in [9.17, 15) is 18.0 Å². The van der Waals surface area contributed by atoms with Crippen molar-refractivity contribution in [3.05, 3.63) is 82.1 Å². The van der Waals surface area contributed by atoms with Crippen molar-refractivity contribution < 1.29 is 22.7 Å². The minimum absolute atomic E-state index is 0.0169. The van der Waals surface area contributed by atoms with Gasteiger partial charge in [-0.25, -0.2) is 18.1 Å². The summed E-state index contributed by atoms with van der Waals surface area (Å²) < 4.78 is 35.5. The van der Waals surface area contributed by atoms with E-state index in [4.69, 9.17) is 16.3 Å². The molecule has 0 atom stereocenters. The maximum Gasteiger partial charge on any atom is 0.269 e. The lowest BCUT2D eigenvalue weighted by atomic mass is 9.83. The standard InChI is InChI=1S/C29H29ClN6O5S/c1-3-25(37)34-42(39,40)24-16-32-36-26(33-23-14-18(2)8-9-22(23)30)20(15-31-27(24)36)28(38)35-12-10-29(11-13-35)21-7-5-4-6-19(21)17-41-29/h4-9,14-16,33H,3,10-13,17H2,1-2H3,(H,34,37). The number of benzene rings is 2. The van der Waals surface area contributed by atoms with Crippen molar-refractivity contribution in [2.45, 2.75) is 50.2 Å². The van der Waals surface area contributed by atoms with Crippen LogP contribution in [0, 0.1) is 6.92 Å². The molecule has 2 aromatic heterocycles. The Labute approximate surface area is 247 Å². The van der Waals surface area contributed by atoms with Crippen LogP contribution >= 0.6 is 11.6 Å². The molecular weight excluding hydrogens is 580 g/mol. The van der Waals surface area contributed by atoms with Gasteiger partial charge in [0.15, 0.2) is 10.5 Å². The molecule has 0 bridgehead atoms. The van der Waals surface area contributed by atoms with Crippen molar-refractivity contribution in [1.82, 2.24) is 24.2 Å². The Balaban J connectivity index is 1.37. The zero-order valence-corrected chi connectivity index (χ0v) is 24.6. The average molecular weight is 609 g/mol. The fraction of sp³-hybridized carbons (Fsp3) is 0.310. The number of rotatable bonds is 6. The lowest BCUT2D eigenvalue weighted by Gasteiger charge is -2.39.